The van der Waals surface area contributed by atoms with Crippen LogP contribution in [0.25, 0.3) is 0 Å². The van der Waals surface area contributed by atoms with Gasteiger partial charge in [0.25, 0.3) is 0 Å². The van der Waals surface area contributed by atoms with E-state index >= 15 is 0 Å². The molecule has 0 radical (unpaired) electrons. The highest BCUT2D eigenvalue weighted by atomic mass is 24.3. The van der Waals surface area contributed by atoms with E-state index in [-0.39, 0.29) is 29.0 Å². The molecule has 2 N–H and O–H groups in total. The number of aliphatic carboxylic acids is 2. The van der Waals surface area contributed by atoms with Crippen molar-refractivity contribution in [3.05, 3.63) is 0 Å². The van der Waals surface area contributed by atoms with Gasteiger partial charge < -0.3 is 10.2 Å². The van der Waals surface area contributed by atoms with E-state index in [9.17, 15) is 9.59 Å². The molecule has 0 spiro atoms. The van der Waals surface area contributed by atoms with Crippen molar-refractivity contribution in [3.8, 4) is 0 Å². The summed E-state index contributed by atoms with van der Waals surface area (Å²) in [5.74, 6) is -4.09. The van der Waals surface area contributed by atoms with Gasteiger partial charge in [0.05, 0.1) is 0 Å². The zero-order valence-corrected chi connectivity index (χ0v) is 6.57. The molecule has 0 aromatic rings. The van der Waals surface area contributed by atoms with Crippen molar-refractivity contribution in [3.63, 3.8) is 0 Å². The Balaban J connectivity index is 0. The van der Waals surface area contributed by atoms with Crippen LogP contribution in [-0.2, 0) is 9.59 Å². The Morgan fingerprint density at radius 2 is 1.58 bits per heavy atom. The molecule has 0 bridgehead atoms. The Labute approximate surface area is 87.1 Å². The van der Waals surface area contributed by atoms with E-state index < -0.39 is 17.9 Å². The van der Waals surface area contributed by atoms with Crippen LogP contribution in [0.15, 0.2) is 0 Å². The standard InChI is InChI=1S/C7H12O4.Mg.2H/c1-3-4(2)5(6(8)9)7(10)11;;;/h4-5H,3H2,1-2H3,(H,8,9)(H,10,11);;;. The first-order chi connectivity index (χ1) is 5.00. The summed E-state index contributed by atoms with van der Waals surface area (Å²) in [7, 11) is 0. The maximum Gasteiger partial charge on any atom is 0.318 e. The molecular weight excluding hydrogens is 172 g/mol. The van der Waals surface area contributed by atoms with Crippen molar-refractivity contribution in [1.82, 2.24) is 0 Å². The number of hydrogen-bond acceptors (Lipinski definition) is 2. The minimum absolute atomic E-state index is 0. The minimum atomic E-state index is -1.26. The fourth-order valence-corrected chi connectivity index (χ4v) is 0.828. The van der Waals surface area contributed by atoms with Crippen LogP contribution in [0, 0.1) is 11.8 Å². The summed E-state index contributed by atoms with van der Waals surface area (Å²) < 4.78 is 0. The molecule has 1 atom stereocenters. The monoisotopic (exact) mass is 186 g/mol. The van der Waals surface area contributed by atoms with E-state index in [2.05, 4.69) is 0 Å². The zero-order chi connectivity index (χ0) is 9.02. The first kappa shape index (κ1) is 14.2. The second kappa shape index (κ2) is 6.25. The summed E-state index contributed by atoms with van der Waals surface area (Å²) in [4.78, 5) is 20.7. The first-order valence-corrected chi connectivity index (χ1v) is 3.46. The van der Waals surface area contributed by atoms with E-state index in [4.69, 9.17) is 10.2 Å². The highest BCUT2D eigenvalue weighted by Crippen LogP contribution is 2.15. The maximum atomic E-state index is 10.4. The van der Waals surface area contributed by atoms with Crippen LogP contribution in [-0.4, -0.2) is 45.2 Å². The molecule has 0 saturated carbocycles. The summed E-state index contributed by atoms with van der Waals surface area (Å²) in [6, 6.07) is 0. The van der Waals surface area contributed by atoms with E-state index in [1.54, 1.807) is 13.8 Å². The SMILES string of the molecule is CCC(C)C(C(=O)O)C(=O)O.[MgH2]. The number of carboxylic acid groups (broad SMARTS) is 2. The minimum Gasteiger partial charge on any atom is -0.481 e. The van der Waals surface area contributed by atoms with Crippen molar-refractivity contribution >= 4 is 35.0 Å². The van der Waals surface area contributed by atoms with Crippen molar-refractivity contribution < 1.29 is 19.8 Å². The van der Waals surface area contributed by atoms with Crippen LogP contribution in [0.1, 0.15) is 20.3 Å². The van der Waals surface area contributed by atoms with Crippen LogP contribution in [0.3, 0.4) is 0 Å². The molecule has 68 valence electrons. The third-order valence-electron chi connectivity index (χ3n) is 1.75. The lowest BCUT2D eigenvalue weighted by atomic mass is 9.92. The lowest BCUT2D eigenvalue weighted by Crippen LogP contribution is -2.29. The Kier molecular flexibility index (Phi) is 7.42. The molecule has 0 saturated heterocycles. The second-order valence-corrected chi connectivity index (χ2v) is 2.54. The largest absolute Gasteiger partial charge is 0.481 e. The normalized spacial score (nSPS) is 11.9. The van der Waals surface area contributed by atoms with Gasteiger partial charge >= 0.3 is 35.0 Å². The number of hydrogen-bond donors (Lipinski definition) is 2. The fraction of sp³-hybridized carbons (Fsp3) is 0.714. The molecular formula is C7H14MgO4. The van der Waals surface area contributed by atoms with Crippen molar-refractivity contribution in [2.24, 2.45) is 11.8 Å². The zero-order valence-electron chi connectivity index (χ0n) is 6.57. The lowest BCUT2D eigenvalue weighted by molar-refractivity contribution is -0.156. The molecule has 0 aliphatic rings. The topological polar surface area (TPSA) is 74.6 Å². The first-order valence-electron chi connectivity index (χ1n) is 3.46. The molecule has 0 aromatic carbocycles. The number of rotatable bonds is 4. The average molecular weight is 186 g/mol. The maximum absolute atomic E-state index is 10.4. The van der Waals surface area contributed by atoms with Gasteiger partial charge in [-0.15, -0.1) is 0 Å². The molecule has 12 heavy (non-hydrogen) atoms. The van der Waals surface area contributed by atoms with E-state index in [1.165, 1.54) is 0 Å². The predicted octanol–water partition coefficient (Wildman–Crippen LogP) is -0.0983. The fourth-order valence-electron chi connectivity index (χ4n) is 0.828. The van der Waals surface area contributed by atoms with Gasteiger partial charge in [0.15, 0.2) is 5.92 Å². The van der Waals surface area contributed by atoms with Gasteiger partial charge in [0.2, 0.25) is 0 Å². The molecule has 0 rings (SSSR count). The van der Waals surface area contributed by atoms with Gasteiger partial charge in [-0.1, -0.05) is 20.3 Å². The van der Waals surface area contributed by atoms with Gasteiger partial charge in [-0.25, -0.2) is 0 Å². The predicted molar refractivity (Wildman–Crippen MR) is 46.8 cm³/mol. The van der Waals surface area contributed by atoms with Crippen LogP contribution in [0.5, 0.6) is 0 Å². The Morgan fingerprint density at radius 3 is 1.67 bits per heavy atom. The molecule has 5 heteroatoms. The Hall–Kier alpha value is -0.294. The molecule has 0 amide bonds. The molecule has 0 aromatic heterocycles. The third kappa shape index (κ3) is 3.92. The Morgan fingerprint density at radius 1 is 1.25 bits per heavy atom. The third-order valence-corrected chi connectivity index (χ3v) is 1.75. The summed E-state index contributed by atoms with van der Waals surface area (Å²) in [6.07, 6.45) is 0.559. The second-order valence-electron chi connectivity index (χ2n) is 2.54. The van der Waals surface area contributed by atoms with Crippen LogP contribution in [0.2, 0.25) is 0 Å². The van der Waals surface area contributed by atoms with Crippen LogP contribution >= 0.6 is 0 Å². The van der Waals surface area contributed by atoms with E-state index in [1.807, 2.05) is 0 Å². The van der Waals surface area contributed by atoms with Gasteiger partial charge in [0, 0.05) is 0 Å². The summed E-state index contributed by atoms with van der Waals surface area (Å²) in [5.41, 5.74) is 0. The molecule has 0 fully saturated rings. The highest BCUT2D eigenvalue weighted by Gasteiger charge is 2.30. The average Bonchev–Trinajstić information content (AvgIpc) is 1.85. The van der Waals surface area contributed by atoms with Gasteiger partial charge in [-0.05, 0) is 5.92 Å². The summed E-state index contributed by atoms with van der Waals surface area (Å²) in [6.45, 7) is 3.39. The van der Waals surface area contributed by atoms with E-state index in [0.29, 0.717) is 6.42 Å². The molecule has 4 nitrogen and oxygen atoms in total. The van der Waals surface area contributed by atoms with Crippen molar-refractivity contribution in [1.29, 1.82) is 0 Å². The quantitative estimate of drug-likeness (QED) is 0.475. The van der Waals surface area contributed by atoms with Crippen molar-refractivity contribution in [2.45, 2.75) is 20.3 Å². The molecule has 1 unspecified atom stereocenters. The van der Waals surface area contributed by atoms with Crippen LogP contribution in [0.4, 0.5) is 0 Å². The van der Waals surface area contributed by atoms with Gasteiger partial charge in [-0.3, -0.25) is 9.59 Å². The number of carbonyl (C=O) groups is 2. The molecule has 0 aliphatic carbocycles. The van der Waals surface area contributed by atoms with Gasteiger partial charge in [-0.2, -0.15) is 0 Å². The summed E-state index contributed by atoms with van der Waals surface area (Å²) in [5, 5.41) is 16.9. The highest BCUT2D eigenvalue weighted by molar-refractivity contribution is 5.93. The molecule has 0 aliphatic heterocycles. The Bertz CT molecular complexity index is 155. The van der Waals surface area contributed by atoms with Crippen molar-refractivity contribution in [2.75, 3.05) is 0 Å². The van der Waals surface area contributed by atoms with Crippen LogP contribution < -0.4 is 0 Å². The van der Waals surface area contributed by atoms with Gasteiger partial charge in [0.1, 0.15) is 0 Å². The number of carboxylic acids is 2. The smallest absolute Gasteiger partial charge is 0.318 e. The van der Waals surface area contributed by atoms with E-state index in [0.717, 1.165) is 0 Å². The molecule has 0 heterocycles. The lowest BCUT2D eigenvalue weighted by Gasteiger charge is -2.12. The summed E-state index contributed by atoms with van der Waals surface area (Å²) >= 11 is 0.